The molecule has 7 heteroatoms. The second-order valence-electron chi connectivity index (χ2n) is 5.52. The minimum Gasteiger partial charge on any atom is -0.490 e. The van der Waals surface area contributed by atoms with Gasteiger partial charge in [-0.3, -0.25) is 0 Å². The third kappa shape index (κ3) is 4.34. The highest BCUT2D eigenvalue weighted by molar-refractivity contribution is 6.30. The molecule has 3 aromatic rings. The van der Waals surface area contributed by atoms with Gasteiger partial charge in [0, 0.05) is 16.1 Å². The molecule has 3 rings (SSSR count). The van der Waals surface area contributed by atoms with Crippen molar-refractivity contribution in [3.05, 3.63) is 41.4 Å². The molecule has 27 heavy (non-hydrogen) atoms. The van der Waals surface area contributed by atoms with Crippen molar-refractivity contribution in [1.29, 1.82) is 0 Å². The normalized spacial score (nSPS) is 10.7. The molecule has 0 unspecified atom stereocenters. The van der Waals surface area contributed by atoms with Crippen LogP contribution in [-0.2, 0) is 0 Å². The van der Waals surface area contributed by atoms with Gasteiger partial charge in [-0.2, -0.15) is 0 Å². The van der Waals surface area contributed by atoms with E-state index in [-0.39, 0.29) is 0 Å². The number of hydrogen-bond donors (Lipinski definition) is 0. The van der Waals surface area contributed by atoms with E-state index >= 15 is 0 Å². The molecule has 2 aromatic carbocycles. The van der Waals surface area contributed by atoms with E-state index in [1.807, 2.05) is 45.0 Å². The van der Waals surface area contributed by atoms with Gasteiger partial charge in [0.15, 0.2) is 11.5 Å². The van der Waals surface area contributed by atoms with Gasteiger partial charge < -0.3 is 18.6 Å². The Kier molecular flexibility index (Phi) is 6.19. The van der Waals surface area contributed by atoms with Crippen LogP contribution in [0.15, 0.2) is 40.8 Å². The molecule has 0 aliphatic carbocycles. The summed E-state index contributed by atoms with van der Waals surface area (Å²) in [5.74, 6) is 2.50. The topological polar surface area (TPSA) is 66.6 Å². The van der Waals surface area contributed by atoms with Gasteiger partial charge in [0.25, 0.3) is 0 Å². The molecule has 0 amide bonds. The van der Waals surface area contributed by atoms with Gasteiger partial charge in [-0.15, -0.1) is 10.2 Å². The second kappa shape index (κ2) is 8.77. The molecular formula is C20H21ClN2O4. The van der Waals surface area contributed by atoms with Gasteiger partial charge in [0.2, 0.25) is 17.5 Å². The number of benzene rings is 2. The maximum absolute atomic E-state index is 5.93. The van der Waals surface area contributed by atoms with E-state index in [0.29, 0.717) is 59.4 Å². The first-order valence-corrected chi connectivity index (χ1v) is 9.20. The van der Waals surface area contributed by atoms with Crippen molar-refractivity contribution < 1.29 is 18.6 Å². The lowest BCUT2D eigenvalue weighted by atomic mass is 10.1. The Morgan fingerprint density at radius 2 is 1.30 bits per heavy atom. The molecule has 142 valence electrons. The fourth-order valence-electron chi connectivity index (χ4n) is 2.56. The summed E-state index contributed by atoms with van der Waals surface area (Å²) in [6.45, 7) is 7.22. The summed E-state index contributed by atoms with van der Waals surface area (Å²) in [5, 5.41) is 8.94. The van der Waals surface area contributed by atoms with Crippen LogP contribution in [0.3, 0.4) is 0 Å². The highest BCUT2D eigenvalue weighted by Gasteiger charge is 2.19. The van der Waals surface area contributed by atoms with Crippen molar-refractivity contribution in [1.82, 2.24) is 10.2 Å². The minimum absolute atomic E-state index is 0.366. The minimum atomic E-state index is 0.366. The molecule has 0 N–H and O–H groups in total. The molecule has 0 aliphatic heterocycles. The van der Waals surface area contributed by atoms with E-state index < -0.39 is 0 Å². The summed E-state index contributed by atoms with van der Waals surface area (Å²) < 4.78 is 23.0. The van der Waals surface area contributed by atoms with Crippen molar-refractivity contribution >= 4 is 11.6 Å². The van der Waals surface area contributed by atoms with Crippen molar-refractivity contribution in [2.45, 2.75) is 20.8 Å². The van der Waals surface area contributed by atoms with Crippen LogP contribution in [-0.4, -0.2) is 30.0 Å². The first-order chi connectivity index (χ1) is 13.2. The Bertz CT molecular complexity index is 866. The number of hydrogen-bond acceptors (Lipinski definition) is 6. The van der Waals surface area contributed by atoms with Crippen LogP contribution in [0.4, 0.5) is 0 Å². The summed E-state index contributed by atoms with van der Waals surface area (Å²) in [7, 11) is 0. The molecule has 1 heterocycles. The zero-order valence-electron chi connectivity index (χ0n) is 15.5. The van der Waals surface area contributed by atoms with Crippen LogP contribution < -0.4 is 14.2 Å². The summed E-state index contributed by atoms with van der Waals surface area (Å²) in [4.78, 5) is 0. The van der Waals surface area contributed by atoms with Crippen LogP contribution in [0, 0.1) is 0 Å². The Balaban J connectivity index is 2.01. The maximum Gasteiger partial charge on any atom is 0.248 e. The second-order valence-corrected chi connectivity index (χ2v) is 5.96. The van der Waals surface area contributed by atoms with E-state index in [2.05, 4.69) is 10.2 Å². The van der Waals surface area contributed by atoms with Crippen molar-refractivity contribution in [2.24, 2.45) is 0 Å². The van der Waals surface area contributed by atoms with E-state index in [1.165, 1.54) is 0 Å². The van der Waals surface area contributed by atoms with Crippen LogP contribution >= 0.6 is 11.6 Å². The first-order valence-electron chi connectivity index (χ1n) is 8.82. The Labute approximate surface area is 163 Å². The van der Waals surface area contributed by atoms with Crippen molar-refractivity contribution in [2.75, 3.05) is 19.8 Å². The van der Waals surface area contributed by atoms with Crippen LogP contribution in [0.2, 0.25) is 5.02 Å². The Hall–Kier alpha value is -2.73. The van der Waals surface area contributed by atoms with Crippen molar-refractivity contribution in [3.8, 4) is 40.2 Å². The maximum atomic E-state index is 5.93. The van der Waals surface area contributed by atoms with Gasteiger partial charge in [-0.05, 0) is 57.2 Å². The Morgan fingerprint density at radius 1 is 0.778 bits per heavy atom. The molecule has 6 nitrogen and oxygen atoms in total. The highest BCUT2D eigenvalue weighted by atomic mass is 35.5. The predicted molar refractivity (Wildman–Crippen MR) is 104 cm³/mol. The molecule has 0 aliphatic rings. The average molecular weight is 389 g/mol. The molecule has 1 aromatic heterocycles. The number of aromatic nitrogens is 2. The van der Waals surface area contributed by atoms with Gasteiger partial charge in [0.1, 0.15) is 0 Å². The third-order valence-corrected chi connectivity index (χ3v) is 3.92. The number of rotatable bonds is 8. The summed E-state index contributed by atoms with van der Waals surface area (Å²) >= 11 is 5.93. The SMILES string of the molecule is CCOc1cc(-c2nnc(-c3ccc(Cl)cc3)o2)cc(OCC)c1OCC. The monoisotopic (exact) mass is 388 g/mol. The smallest absolute Gasteiger partial charge is 0.248 e. The van der Waals surface area contributed by atoms with Crippen LogP contribution in [0.1, 0.15) is 20.8 Å². The molecule has 0 radical (unpaired) electrons. The predicted octanol–water partition coefficient (Wildman–Crippen LogP) is 5.25. The number of nitrogens with zero attached hydrogens (tertiary/aromatic N) is 2. The van der Waals surface area contributed by atoms with Crippen molar-refractivity contribution in [3.63, 3.8) is 0 Å². The first kappa shape index (κ1) is 19.0. The van der Waals surface area contributed by atoms with Gasteiger partial charge in [-0.25, -0.2) is 0 Å². The molecule has 0 spiro atoms. The van der Waals surface area contributed by atoms with Gasteiger partial charge in [-0.1, -0.05) is 11.6 Å². The quantitative estimate of drug-likeness (QED) is 0.524. The van der Waals surface area contributed by atoms with Gasteiger partial charge >= 0.3 is 0 Å². The molecule has 0 bridgehead atoms. The van der Waals surface area contributed by atoms with Gasteiger partial charge in [0.05, 0.1) is 19.8 Å². The van der Waals surface area contributed by atoms with Crippen LogP contribution in [0.25, 0.3) is 22.9 Å². The lowest BCUT2D eigenvalue weighted by Crippen LogP contribution is -2.03. The summed E-state index contributed by atoms with van der Waals surface area (Å²) in [6, 6.07) is 10.8. The standard InChI is InChI=1S/C20H21ClN2O4/c1-4-24-16-11-14(12-17(25-5-2)18(16)26-6-3)20-23-22-19(27-20)13-7-9-15(21)10-8-13/h7-12H,4-6H2,1-3H3. The third-order valence-electron chi connectivity index (χ3n) is 3.67. The largest absolute Gasteiger partial charge is 0.490 e. The molecule has 0 atom stereocenters. The summed E-state index contributed by atoms with van der Waals surface area (Å²) in [6.07, 6.45) is 0. The van der Waals surface area contributed by atoms with Crippen LogP contribution in [0.5, 0.6) is 17.2 Å². The number of halogens is 1. The fraction of sp³-hybridized carbons (Fsp3) is 0.300. The molecular weight excluding hydrogens is 368 g/mol. The van der Waals surface area contributed by atoms with E-state index in [0.717, 1.165) is 5.56 Å². The molecule has 0 fully saturated rings. The lowest BCUT2D eigenvalue weighted by Gasteiger charge is -2.16. The zero-order valence-corrected chi connectivity index (χ0v) is 16.2. The average Bonchev–Trinajstić information content (AvgIpc) is 3.15. The zero-order chi connectivity index (χ0) is 19.2. The van der Waals surface area contributed by atoms with E-state index in [9.17, 15) is 0 Å². The van der Waals surface area contributed by atoms with E-state index in [1.54, 1.807) is 12.1 Å². The molecule has 0 saturated carbocycles. The van der Waals surface area contributed by atoms with E-state index in [4.69, 9.17) is 30.2 Å². The lowest BCUT2D eigenvalue weighted by molar-refractivity contribution is 0.261. The highest BCUT2D eigenvalue weighted by Crippen LogP contribution is 2.42. The fourth-order valence-corrected chi connectivity index (χ4v) is 2.69. The summed E-state index contributed by atoms with van der Waals surface area (Å²) in [5.41, 5.74) is 1.48. The number of ether oxygens (including phenoxy) is 3. The Morgan fingerprint density at radius 3 is 1.81 bits per heavy atom. The molecule has 0 saturated heterocycles.